The molecule has 0 unspecified atom stereocenters. The number of fused-ring (bicyclic) bond motifs is 1. The Balaban J connectivity index is 1.54. The highest BCUT2D eigenvalue weighted by atomic mass is 19.1. The van der Waals surface area contributed by atoms with Gasteiger partial charge in [0.15, 0.2) is 11.5 Å². The molecule has 194 valence electrons. The molecule has 2 aromatic heterocycles. The van der Waals surface area contributed by atoms with Crippen molar-refractivity contribution in [2.45, 2.75) is 25.4 Å². The molecule has 1 amide bonds. The first-order valence-electron chi connectivity index (χ1n) is 12.4. The molecule has 0 aliphatic carbocycles. The molecule has 1 N–H and O–H groups in total. The lowest BCUT2D eigenvalue weighted by atomic mass is 9.87. The van der Waals surface area contributed by atoms with Crippen LogP contribution in [0.2, 0.25) is 0 Å². The lowest BCUT2D eigenvalue weighted by Crippen LogP contribution is -2.24. The summed E-state index contributed by atoms with van der Waals surface area (Å²) in [5.41, 5.74) is 3.97. The monoisotopic (exact) mass is 512 g/mol. The van der Waals surface area contributed by atoms with Crippen LogP contribution >= 0.6 is 0 Å². The van der Waals surface area contributed by atoms with E-state index in [1.807, 2.05) is 36.4 Å². The number of nitrogens with one attached hydrogen (secondary N) is 1. The van der Waals surface area contributed by atoms with Gasteiger partial charge in [0.25, 0.3) is 0 Å². The number of hydrogen-bond acceptors (Lipinski definition) is 4. The number of ether oxygens (including phenoxy) is 2. The summed E-state index contributed by atoms with van der Waals surface area (Å²) in [6.45, 7) is 0.890. The SMILES string of the molecule is COc1ccc([C@@H](CC(=O)NCc2ccco2)c2cn(Cc3ccc(F)cc3)c3ccccc23)cc1OC. The summed E-state index contributed by atoms with van der Waals surface area (Å²) in [7, 11) is 3.20. The van der Waals surface area contributed by atoms with E-state index in [0.29, 0.717) is 30.3 Å². The van der Waals surface area contributed by atoms with Gasteiger partial charge in [-0.2, -0.15) is 0 Å². The number of halogens is 1. The standard InChI is InChI=1S/C31H29FN2O4/c1-36-29-14-11-22(16-30(29)37-2)26(17-31(35)33-18-24-6-5-15-38-24)27-20-34(28-8-4-3-7-25(27)28)19-21-9-12-23(32)13-10-21/h3-16,20,26H,17-19H2,1-2H3,(H,33,35)/t26-/m1/s1. The molecule has 7 heteroatoms. The number of methoxy groups -OCH3 is 2. The van der Waals surface area contributed by atoms with Gasteiger partial charge in [-0.25, -0.2) is 4.39 Å². The zero-order valence-electron chi connectivity index (χ0n) is 21.3. The molecule has 0 saturated heterocycles. The van der Waals surface area contributed by atoms with E-state index in [1.54, 1.807) is 38.7 Å². The Bertz CT molecular complexity index is 1520. The van der Waals surface area contributed by atoms with E-state index in [4.69, 9.17) is 13.9 Å². The van der Waals surface area contributed by atoms with Crippen molar-refractivity contribution in [1.29, 1.82) is 0 Å². The lowest BCUT2D eigenvalue weighted by Gasteiger charge is -2.19. The predicted molar refractivity (Wildman–Crippen MR) is 144 cm³/mol. The van der Waals surface area contributed by atoms with Crippen molar-refractivity contribution in [3.8, 4) is 11.5 Å². The largest absolute Gasteiger partial charge is 0.493 e. The van der Waals surface area contributed by atoms with Gasteiger partial charge in [0, 0.05) is 36.0 Å². The molecule has 0 radical (unpaired) electrons. The molecule has 6 nitrogen and oxygen atoms in total. The third-order valence-corrected chi connectivity index (χ3v) is 6.70. The minimum atomic E-state index is -0.263. The normalized spacial score (nSPS) is 11.9. The van der Waals surface area contributed by atoms with Crippen LogP contribution in [-0.4, -0.2) is 24.7 Å². The number of furan rings is 1. The maximum Gasteiger partial charge on any atom is 0.221 e. The van der Waals surface area contributed by atoms with Crippen molar-refractivity contribution >= 4 is 16.8 Å². The number of carbonyl (C=O) groups is 1. The van der Waals surface area contributed by atoms with Crippen molar-refractivity contribution in [2.24, 2.45) is 0 Å². The molecule has 38 heavy (non-hydrogen) atoms. The van der Waals surface area contributed by atoms with E-state index >= 15 is 0 Å². The molecule has 0 aliphatic heterocycles. The number of hydrogen-bond donors (Lipinski definition) is 1. The van der Waals surface area contributed by atoms with Crippen molar-refractivity contribution in [1.82, 2.24) is 9.88 Å². The van der Waals surface area contributed by atoms with Crippen LogP contribution in [-0.2, 0) is 17.9 Å². The van der Waals surface area contributed by atoms with Crippen LogP contribution in [0.1, 0.15) is 34.8 Å². The van der Waals surface area contributed by atoms with Crippen LogP contribution in [0.25, 0.3) is 10.9 Å². The molecule has 1 atom stereocenters. The zero-order chi connectivity index (χ0) is 26.5. The Morgan fingerprint density at radius 2 is 1.76 bits per heavy atom. The highest BCUT2D eigenvalue weighted by Crippen LogP contribution is 2.38. The summed E-state index contributed by atoms with van der Waals surface area (Å²) < 4.78 is 32.0. The van der Waals surface area contributed by atoms with Gasteiger partial charge in [0.05, 0.1) is 27.0 Å². The van der Waals surface area contributed by atoms with E-state index in [0.717, 1.165) is 27.6 Å². The topological polar surface area (TPSA) is 65.6 Å². The molecular formula is C31H29FN2O4. The fourth-order valence-electron chi connectivity index (χ4n) is 4.80. The van der Waals surface area contributed by atoms with Crippen LogP contribution in [0, 0.1) is 5.82 Å². The molecule has 0 bridgehead atoms. The number of benzene rings is 3. The molecule has 2 heterocycles. The highest BCUT2D eigenvalue weighted by Gasteiger charge is 2.24. The molecule has 0 aliphatic rings. The van der Waals surface area contributed by atoms with E-state index in [1.165, 1.54) is 12.1 Å². The van der Waals surface area contributed by atoms with Crippen LogP contribution in [0.15, 0.2) is 95.7 Å². The van der Waals surface area contributed by atoms with Crippen LogP contribution < -0.4 is 14.8 Å². The van der Waals surface area contributed by atoms with E-state index in [2.05, 4.69) is 28.2 Å². The van der Waals surface area contributed by atoms with Gasteiger partial charge in [0.2, 0.25) is 5.91 Å². The quantitative estimate of drug-likeness (QED) is 0.239. The summed E-state index contributed by atoms with van der Waals surface area (Å²) in [5.74, 6) is 1.29. The van der Waals surface area contributed by atoms with Crippen molar-refractivity contribution in [3.63, 3.8) is 0 Å². The Morgan fingerprint density at radius 1 is 0.974 bits per heavy atom. The average molecular weight is 513 g/mol. The maximum absolute atomic E-state index is 13.5. The van der Waals surface area contributed by atoms with Gasteiger partial charge in [-0.15, -0.1) is 0 Å². The Morgan fingerprint density at radius 3 is 2.50 bits per heavy atom. The Kier molecular flexibility index (Phi) is 7.45. The maximum atomic E-state index is 13.5. The summed E-state index contributed by atoms with van der Waals surface area (Å²) >= 11 is 0. The van der Waals surface area contributed by atoms with Gasteiger partial charge in [-0.3, -0.25) is 4.79 Å². The third-order valence-electron chi connectivity index (χ3n) is 6.70. The molecule has 5 rings (SSSR count). The first-order chi connectivity index (χ1) is 18.6. The van der Waals surface area contributed by atoms with Gasteiger partial charge in [-0.05, 0) is 59.2 Å². The van der Waals surface area contributed by atoms with Crippen molar-refractivity contribution < 1.29 is 23.1 Å². The highest BCUT2D eigenvalue weighted by molar-refractivity contribution is 5.87. The van der Waals surface area contributed by atoms with Gasteiger partial charge in [0.1, 0.15) is 11.6 Å². The number of carbonyl (C=O) groups excluding carboxylic acids is 1. The lowest BCUT2D eigenvalue weighted by molar-refractivity contribution is -0.121. The molecule has 0 saturated carbocycles. The number of para-hydroxylation sites is 1. The second-order valence-electron chi connectivity index (χ2n) is 9.08. The molecular weight excluding hydrogens is 483 g/mol. The summed E-state index contributed by atoms with van der Waals surface area (Å²) in [6, 6.07) is 24.0. The van der Waals surface area contributed by atoms with E-state index < -0.39 is 0 Å². The smallest absolute Gasteiger partial charge is 0.221 e. The molecule has 0 fully saturated rings. The third kappa shape index (κ3) is 5.42. The fraction of sp³-hybridized carbons (Fsp3) is 0.194. The molecule has 0 spiro atoms. The Hall–Kier alpha value is -4.52. The predicted octanol–water partition coefficient (Wildman–Crippen LogP) is 6.28. The summed E-state index contributed by atoms with van der Waals surface area (Å²) in [6.07, 6.45) is 3.90. The number of aromatic nitrogens is 1. The van der Waals surface area contributed by atoms with Crippen molar-refractivity contribution in [2.75, 3.05) is 14.2 Å². The van der Waals surface area contributed by atoms with Crippen molar-refractivity contribution in [3.05, 3.63) is 120 Å². The molecule has 5 aromatic rings. The first-order valence-corrected chi connectivity index (χ1v) is 12.4. The first kappa shape index (κ1) is 25.1. The number of rotatable bonds is 10. The Labute approximate surface area is 220 Å². The average Bonchev–Trinajstić information content (AvgIpc) is 3.60. The minimum absolute atomic E-state index is 0.100. The number of nitrogens with zero attached hydrogens (tertiary/aromatic N) is 1. The summed E-state index contributed by atoms with van der Waals surface area (Å²) in [4.78, 5) is 13.2. The zero-order valence-corrected chi connectivity index (χ0v) is 21.3. The van der Waals surface area contributed by atoms with E-state index in [-0.39, 0.29) is 24.1 Å². The second-order valence-corrected chi connectivity index (χ2v) is 9.08. The van der Waals surface area contributed by atoms with Crippen LogP contribution in [0.5, 0.6) is 11.5 Å². The van der Waals surface area contributed by atoms with Gasteiger partial charge < -0.3 is 23.8 Å². The van der Waals surface area contributed by atoms with Crippen LogP contribution in [0.4, 0.5) is 4.39 Å². The van der Waals surface area contributed by atoms with Gasteiger partial charge in [-0.1, -0.05) is 36.4 Å². The fourth-order valence-corrected chi connectivity index (χ4v) is 4.80. The van der Waals surface area contributed by atoms with Gasteiger partial charge >= 0.3 is 0 Å². The molecule has 3 aromatic carbocycles. The van der Waals surface area contributed by atoms with E-state index in [9.17, 15) is 9.18 Å². The summed E-state index contributed by atoms with van der Waals surface area (Å²) in [5, 5.41) is 4.02. The second kappa shape index (κ2) is 11.3. The minimum Gasteiger partial charge on any atom is -0.493 e. The number of amides is 1. The van der Waals surface area contributed by atoms with Crippen LogP contribution in [0.3, 0.4) is 0 Å².